The van der Waals surface area contributed by atoms with Crippen molar-refractivity contribution in [2.75, 3.05) is 20.2 Å². The monoisotopic (exact) mass is 492 g/mol. The van der Waals surface area contributed by atoms with E-state index in [1.807, 2.05) is 24.3 Å². The molecule has 1 aliphatic rings. The Morgan fingerprint density at radius 2 is 1.79 bits per heavy atom. The van der Waals surface area contributed by atoms with Crippen LogP contribution in [0.5, 0.6) is 5.75 Å². The van der Waals surface area contributed by atoms with Gasteiger partial charge in [0.2, 0.25) is 10.0 Å². The lowest BCUT2D eigenvalue weighted by Crippen LogP contribution is -2.38. The van der Waals surface area contributed by atoms with Crippen LogP contribution < -0.4 is 10.1 Å². The molecule has 2 aromatic rings. The summed E-state index contributed by atoms with van der Waals surface area (Å²) in [7, 11) is -2.08. The van der Waals surface area contributed by atoms with Gasteiger partial charge in [0, 0.05) is 13.1 Å². The number of hydrogen-bond acceptors (Lipinski definition) is 4. The molecule has 1 aliphatic heterocycles. The molecule has 0 unspecified atom stereocenters. The molecule has 8 heteroatoms. The number of methoxy groups -OCH3 is 1. The first-order chi connectivity index (χ1) is 15.6. The Balaban J connectivity index is 1.85. The Hall–Kier alpha value is -2.09. The molecule has 3 rings (SSSR count). The van der Waals surface area contributed by atoms with Gasteiger partial charge in [0.05, 0.1) is 28.6 Å². The number of carbonyl (C=O) groups excluding carboxylic acids is 1. The zero-order valence-electron chi connectivity index (χ0n) is 19.7. The Kier molecular flexibility index (Phi) is 8.43. The van der Waals surface area contributed by atoms with Crippen LogP contribution in [-0.2, 0) is 10.0 Å². The number of piperidine rings is 1. The Morgan fingerprint density at radius 1 is 1.15 bits per heavy atom. The minimum absolute atomic E-state index is 0.0939. The third-order valence-electron chi connectivity index (χ3n) is 6.09. The van der Waals surface area contributed by atoms with Crippen LogP contribution in [0.25, 0.3) is 0 Å². The zero-order chi connectivity index (χ0) is 24.2. The molecule has 180 valence electrons. The highest BCUT2D eigenvalue weighted by Gasteiger charge is 2.29. The van der Waals surface area contributed by atoms with E-state index in [2.05, 4.69) is 26.1 Å². The molecule has 6 nitrogen and oxygen atoms in total. The highest BCUT2D eigenvalue weighted by atomic mass is 35.5. The molecule has 2 aromatic carbocycles. The number of carbonyl (C=O) groups is 1. The van der Waals surface area contributed by atoms with Crippen molar-refractivity contribution >= 4 is 27.5 Å². The highest BCUT2D eigenvalue weighted by Crippen LogP contribution is 2.28. The molecule has 1 amide bonds. The van der Waals surface area contributed by atoms with Crippen LogP contribution >= 0.6 is 11.6 Å². The molecule has 1 heterocycles. The van der Waals surface area contributed by atoms with E-state index in [-0.39, 0.29) is 21.5 Å². The molecular formula is C25H33ClN2O4S. The topological polar surface area (TPSA) is 75.7 Å². The molecular weight excluding hydrogens is 460 g/mol. The summed E-state index contributed by atoms with van der Waals surface area (Å²) >= 11 is 6.34. The van der Waals surface area contributed by atoms with Gasteiger partial charge in [-0.1, -0.05) is 44.5 Å². The van der Waals surface area contributed by atoms with Crippen molar-refractivity contribution in [3.8, 4) is 5.75 Å². The maximum atomic E-state index is 13.2. The van der Waals surface area contributed by atoms with Crippen LogP contribution in [-0.4, -0.2) is 38.8 Å². The van der Waals surface area contributed by atoms with E-state index in [4.69, 9.17) is 16.3 Å². The molecule has 0 radical (unpaired) electrons. The number of halogens is 1. The Labute approximate surface area is 202 Å². The number of sulfonamides is 1. The third kappa shape index (κ3) is 6.28. The van der Waals surface area contributed by atoms with Crippen molar-refractivity contribution in [3.05, 3.63) is 58.6 Å². The maximum Gasteiger partial charge on any atom is 0.253 e. The summed E-state index contributed by atoms with van der Waals surface area (Å²) in [5.41, 5.74) is 1.10. The van der Waals surface area contributed by atoms with Crippen molar-refractivity contribution in [2.45, 2.75) is 51.0 Å². The van der Waals surface area contributed by atoms with Crippen molar-refractivity contribution in [3.63, 3.8) is 0 Å². The number of nitrogens with one attached hydrogen (secondary N) is 1. The summed E-state index contributed by atoms with van der Waals surface area (Å²) in [6.07, 6.45) is 2.39. The Bertz CT molecular complexity index is 1060. The van der Waals surface area contributed by atoms with E-state index in [0.29, 0.717) is 24.9 Å². The first-order valence-corrected chi connectivity index (χ1v) is 13.2. The lowest BCUT2D eigenvalue weighted by Gasteiger charge is -2.29. The molecule has 33 heavy (non-hydrogen) atoms. The second-order valence-electron chi connectivity index (χ2n) is 9.16. The van der Waals surface area contributed by atoms with Gasteiger partial charge in [-0.25, -0.2) is 8.42 Å². The fourth-order valence-corrected chi connectivity index (χ4v) is 5.73. The lowest BCUT2D eigenvalue weighted by molar-refractivity contribution is 0.0932. The minimum atomic E-state index is -3.68. The van der Waals surface area contributed by atoms with Gasteiger partial charge < -0.3 is 10.1 Å². The molecule has 1 fully saturated rings. The van der Waals surface area contributed by atoms with Gasteiger partial charge in [-0.2, -0.15) is 4.31 Å². The van der Waals surface area contributed by atoms with Gasteiger partial charge in [0.1, 0.15) is 5.75 Å². The van der Waals surface area contributed by atoms with Gasteiger partial charge in [-0.05, 0) is 67.0 Å². The quantitative estimate of drug-likeness (QED) is 0.543. The molecule has 0 spiro atoms. The van der Waals surface area contributed by atoms with Crippen molar-refractivity contribution in [2.24, 2.45) is 11.8 Å². The number of benzene rings is 2. The standard InChI is InChI=1S/C25H33ClN2O4S/c1-17(2)15-24(19-5-7-20(32-4)8-6-19)27-25(29)22-16-21(9-10-23(22)26)33(30,31)28-13-11-18(3)12-14-28/h5-10,16-18,24H,11-15H2,1-4H3,(H,27,29)/t24-/m0/s1. The summed E-state index contributed by atoms with van der Waals surface area (Å²) < 4.78 is 33.1. The third-order valence-corrected chi connectivity index (χ3v) is 8.32. The van der Waals surface area contributed by atoms with Crippen LogP contribution in [0.15, 0.2) is 47.4 Å². The van der Waals surface area contributed by atoms with Gasteiger partial charge in [-0.3, -0.25) is 4.79 Å². The Morgan fingerprint density at radius 3 is 2.36 bits per heavy atom. The van der Waals surface area contributed by atoms with Crippen molar-refractivity contribution in [1.82, 2.24) is 9.62 Å². The average molecular weight is 493 g/mol. The van der Waals surface area contributed by atoms with Crippen LogP contribution in [0.1, 0.15) is 62.0 Å². The zero-order valence-corrected chi connectivity index (χ0v) is 21.2. The lowest BCUT2D eigenvalue weighted by atomic mass is 9.96. The fourth-order valence-electron chi connectivity index (χ4n) is 4.04. The molecule has 0 aromatic heterocycles. The summed E-state index contributed by atoms with van der Waals surface area (Å²) in [6, 6.07) is 11.7. The summed E-state index contributed by atoms with van der Waals surface area (Å²) in [5.74, 6) is 1.19. The van der Waals surface area contributed by atoms with E-state index < -0.39 is 15.9 Å². The predicted octanol–water partition coefficient (Wildman–Crippen LogP) is 5.29. The normalized spacial score (nSPS) is 16.5. The number of nitrogens with zero attached hydrogens (tertiary/aromatic N) is 1. The van der Waals surface area contributed by atoms with Crippen LogP contribution in [0.4, 0.5) is 0 Å². The first-order valence-electron chi connectivity index (χ1n) is 11.4. The molecule has 0 bridgehead atoms. The van der Waals surface area contributed by atoms with E-state index in [9.17, 15) is 13.2 Å². The fraction of sp³-hybridized carbons (Fsp3) is 0.480. The number of ether oxygens (including phenoxy) is 1. The van der Waals surface area contributed by atoms with E-state index >= 15 is 0 Å². The summed E-state index contributed by atoms with van der Waals surface area (Å²) in [4.78, 5) is 13.3. The number of amides is 1. The summed E-state index contributed by atoms with van der Waals surface area (Å²) in [5, 5.41) is 3.27. The molecule has 0 saturated carbocycles. The predicted molar refractivity (Wildman–Crippen MR) is 131 cm³/mol. The van der Waals surface area contributed by atoms with Gasteiger partial charge >= 0.3 is 0 Å². The number of rotatable bonds is 8. The number of hydrogen-bond donors (Lipinski definition) is 1. The van der Waals surface area contributed by atoms with E-state index in [1.54, 1.807) is 7.11 Å². The van der Waals surface area contributed by atoms with Gasteiger partial charge in [0.25, 0.3) is 5.91 Å². The molecule has 1 N–H and O–H groups in total. The van der Waals surface area contributed by atoms with Crippen molar-refractivity contribution < 1.29 is 17.9 Å². The van der Waals surface area contributed by atoms with E-state index in [0.717, 1.165) is 30.6 Å². The average Bonchev–Trinajstić information content (AvgIpc) is 2.78. The van der Waals surface area contributed by atoms with Crippen LogP contribution in [0.2, 0.25) is 5.02 Å². The SMILES string of the molecule is COc1ccc([C@H](CC(C)C)NC(=O)c2cc(S(=O)(=O)N3CCC(C)CC3)ccc2Cl)cc1. The highest BCUT2D eigenvalue weighted by molar-refractivity contribution is 7.89. The molecule has 1 atom stereocenters. The smallest absolute Gasteiger partial charge is 0.253 e. The summed E-state index contributed by atoms with van der Waals surface area (Å²) in [6.45, 7) is 7.28. The van der Waals surface area contributed by atoms with Crippen LogP contribution in [0.3, 0.4) is 0 Å². The maximum absolute atomic E-state index is 13.2. The second kappa shape index (κ2) is 10.9. The second-order valence-corrected chi connectivity index (χ2v) is 11.5. The van der Waals surface area contributed by atoms with Gasteiger partial charge in [0.15, 0.2) is 0 Å². The van der Waals surface area contributed by atoms with E-state index in [1.165, 1.54) is 22.5 Å². The van der Waals surface area contributed by atoms with Crippen LogP contribution in [0, 0.1) is 11.8 Å². The van der Waals surface area contributed by atoms with Gasteiger partial charge in [-0.15, -0.1) is 0 Å². The first kappa shape index (κ1) is 25.5. The minimum Gasteiger partial charge on any atom is -0.497 e. The van der Waals surface area contributed by atoms with Crippen molar-refractivity contribution in [1.29, 1.82) is 0 Å². The largest absolute Gasteiger partial charge is 0.497 e. The molecule has 0 aliphatic carbocycles. The molecule has 1 saturated heterocycles.